The van der Waals surface area contributed by atoms with E-state index >= 15 is 0 Å². The molecule has 0 spiro atoms. The number of Topliss-reactive ketones (excluding diaryl/α,β-unsaturated/α-hetero) is 1. The monoisotopic (exact) mass is 144 g/mol. The van der Waals surface area contributed by atoms with E-state index in [1.54, 1.807) is 0 Å². The van der Waals surface area contributed by atoms with Gasteiger partial charge in [-0.1, -0.05) is 0 Å². The molecule has 0 aliphatic carbocycles. The molecule has 1 unspecified atom stereocenters. The summed E-state index contributed by atoms with van der Waals surface area (Å²) >= 11 is 0. The Labute approximate surface area is 60.0 Å². The summed E-state index contributed by atoms with van der Waals surface area (Å²) in [7, 11) is 0. The molecule has 1 N–H and O–H groups in total. The zero-order valence-corrected chi connectivity index (χ0v) is 6.09. The Bertz CT molecular complexity index is 136. The highest BCUT2D eigenvalue weighted by Crippen LogP contribution is 2.25. The minimum absolute atomic E-state index is 0.0625. The molecule has 10 heavy (non-hydrogen) atoms. The van der Waals surface area contributed by atoms with Gasteiger partial charge in [-0.2, -0.15) is 0 Å². The molecule has 0 radical (unpaired) electrons. The van der Waals surface area contributed by atoms with Crippen LogP contribution in [0.1, 0.15) is 19.8 Å². The van der Waals surface area contributed by atoms with E-state index in [1.807, 2.05) is 0 Å². The van der Waals surface area contributed by atoms with Crippen LogP contribution in [-0.4, -0.2) is 29.7 Å². The summed E-state index contributed by atoms with van der Waals surface area (Å²) in [6.07, 6.45) is 1.54. The molecule has 1 heterocycles. The molecule has 1 atom stereocenters. The number of carbonyl (C=O) groups excluding carboxylic acids is 1. The maximum atomic E-state index is 10.9. The second-order valence-electron chi connectivity index (χ2n) is 2.66. The number of rotatable bonds is 2. The highest BCUT2D eigenvalue weighted by Gasteiger charge is 2.38. The maximum Gasteiger partial charge on any atom is 0.163 e. The smallest absolute Gasteiger partial charge is 0.163 e. The van der Waals surface area contributed by atoms with E-state index in [4.69, 9.17) is 9.84 Å². The van der Waals surface area contributed by atoms with Crippen molar-refractivity contribution in [2.45, 2.75) is 25.4 Å². The van der Waals surface area contributed by atoms with E-state index in [2.05, 4.69) is 0 Å². The van der Waals surface area contributed by atoms with E-state index in [0.717, 1.165) is 6.42 Å². The summed E-state index contributed by atoms with van der Waals surface area (Å²) in [5, 5.41) is 8.84. The van der Waals surface area contributed by atoms with Gasteiger partial charge in [-0.3, -0.25) is 4.79 Å². The zero-order chi connectivity index (χ0) is 7.61. The normalized spacial score (nSPS) is 32.6. The second kappa shape index (κ2) is 2.68. The first-order chi connectivity index (χ1) is 4.71. The van der Waals surface area contributed by atoms with Crippen LogP contribution in [0.4, 0.5) is 0 Å². The third-order valence-electron chi connectivity index (χ3n) is 2.00. The van der Waals surface area contributed by atoms with Gasteiger partial charge in [0, 0.05) is 6.61 Å². The van der Waals surface area contributed by atoms with Crippen LogP contribution in [-0.2, 0) is 9.53 Å². The first-order valence-corrected chi connectivity index (χ1v) is 3.47. The van der Waals surface area contributed by atoms with E-state index in [0.29, 0.717) is 13.0 Å². The van der Waals surface area contributed by atoms with Crippen LogP contribution in [0.5, 0.6) is 0 Å². The average Bonchev–Trinajstić information content (AvgIpc) is 2.35. The Morgan fingerprint density at radius 3 is 2.70 bits per heavy atom. The Morgan fingerprint density at radius 1 is 1.80 bits per heavy atom. The van der Waals surface area contributed by atoms with Crippen LogP contribution in [0.3, 0.4) is 0 Å². The van der Waals surface area contributed by atoms with Gasteiger partial charge in [0.25, 0.3) is 0 Å². The molecule has 3 nitrogen and oxygen atoms in total. The van der Waals surface area contributed by atoms with E-state index in [-0.39, 0.29) is 12.4 Å². The van der Waals surface area contributed by atoms with Crippen LogP contribution >= 0.6 is 0 Å². The molecule has 1 fully saturated rings. The molecular formula is C7H12O3. The molecule has 0 saturated carbocycles. The van der Waals surface area contributed by atoms with Crippen molar-refractivity contribution in [2.24, 2.45) is 0 Å². The number of hydrogen-bond acceptors (Lipinski definition) is 3. The molecule has 0 amide bonds. The van der Waals surface area contributed by atoms with Crippen molar-refractivity contribution >= 4 is 5.78 Å². The van der Waals surface area contributed by atoms with E-state index < -0.39 is 5.60 Å². The minimum Gasteiger partial charge on any atom is -0.393 e. The van der Waals surface area contributed by atoms with Crippen molar-refractivity contribution in [1.82, 2.24) is 0 Å². The van der Waals surface area contributed by atoms with Gasteiger partial charge in [0.2, 0.25) is 0 Å². The average molecular weight is 144 g/mol. The lowest BCUT2D eigenvalue weighted by Crippen LogP contribution is -2.39. The van der Waals surface area contributed by atoms with Crippen LogP contribution in [0.2, 0.25) is 0 Å². The van der Waals surface area contributed by atoms with Gasteiger partial charge >= 0.3 is 0 Å². The quantitative estimate of drug-likeness (QED) is 0.598. The maximum absolute atomic E-state index is 10.9. The molecule has 3 heteroatoms. The molecule has 1 rings (SSSR count). The molecular weight excluding hydrogens is 132 g/mol. The van der Waals surface area contributed by atoms with Crippen molar-refractivity contribution in [1.29, 1.82) is 0 Å². The highest BCUT2D eigenvalue weighted by molar-refractivity contribution is 5.85. The third-order valence-corrected chi connectivity index (χ3v) is 2.00. The molecule has 0 aromatic rings. The zero-order valence-electron chi connectivity index (χ0n) is 6.09. The van der Waals surface area contributed by atoms with Crippen LogP contribution in [0.25, 0.3) is 0 Å². The first-order valence-electron chi connectivity index (χ1n) is 3.47. The standard InChI is InChI=1S/C7H12O3/c1-6(9)7(5-8)3-2-4-10-7/h8H,2-5H2,1H3. The predicted octanol–water partition coefficient (Wildman–Crippen LogP) is 0.117. The summed E-state index contributed by atoms with van der Waals surface area (Å²) in [5.41, 5.74) is -0.847. The third kappa shape index (κ3) is 1.07. The summed E-state index contributed by atoms with van der Waals surface area (Å²) in [4.78, 5) is 10.9. The van der Waals surface area contributed by atoms with Gasteiger partial charge in [-0.05, 0) is 19.8 Å². The molecule has 1 aliphatic heterocycles. The van der Waals surface area contributed by atoms with E-state index in [1.165, 1.54) is 6.92 Å². The van der Waals surface area contributed by atoms with Gasteiger partial charge in [-0.15, -0.1) is 0 Å². The van der Waals surface area contributed by atoms with Crippen molar-refractivity contribution in [3.05, 3.63) is 0 Å². The van der Waals surface area contributed by atoms with Crippen LogP contribution in [0.15, 0.2) is 0 Å². The topological polar surface area (TPSA) is 46.5 Å². The Hall–Kier alpha value is -0.410. The summed E-state index contributed by atoms with van der Waals surface area (Å²) < 4.78 is 5.15. The van der Waals surface area contributed by atoms with Crippen molar-refractivity contribution < 1.29 is 14.6 Å². The van der Waals surface area contributed by atoms with Gasteiger partial charge in [0.05, 0.1) is 6.61 Å². The number of aliphatic hydroxyl groups excluding tert-OH is 1. The number of ether oxygens (including phenoxy) is 1. The lowest BCUT2D eigenvalue weighted by atomic mass is 9.97. The fourth-order valence-electron chi connectivity index (χ4n) is 1.21. The van der Waals surface area contributed by atoms with Crippen molar-refractivity contribution in [3.8, 4) is 0 Å². The molecule has 58 valence electrons. The van der Waals surface area contributed by atoms with Crippen LogP contribution < -0.4 is 0 Å². The highest BCUT2D eigenvalue weighted by atomic mass is 16.5. The number of ketones is 1. The first kappa shape index (κ1) is 7.69. The van der Waals surface area contributed by atoms with Gasteiger partial charge in [0.1, 0.15) is 5.60 Å². The summed E-state index contributed by atoms with van der Waals surface area (Å²) in [5.74, 6) is -0.0625. The second-order valence-corrected chi connectivity index (χ2v) is 2.66. The Kier molecular flexibility index (Phi) is 2.06. The van der Waals surface area contributed by atoms with Crippen LogP contribution in [0, 0.1) is 0 Å². The summed E-state index contributed by atoms with van der Waals surface area (Å²) in [6, 6.07) is 0. The largest absolute Gasteiger partial charge is 0.393 e. The lowest BCUT2D eigenvalue weighted by Gasteiger charge is -2.21. The van der Waals surface area contributed by atoms with E-state index in [9.17, 15) is 4.79 Å². The SMILES string of the molecule is CC(=O)C1(CO)CCCO1. The molecule has 1 saturated heterocycles. The minimum atomic E-state index is -0.847. The van der Waals surface area contributed by atoms with Gasteiger partial charge in [-0.25, -0.2) is 0 Å². The van der Waals surface area contributed by atoms with Crippen molar-refractivity contribution in [2.75, 3.05) is 13.2 Å². The van der Waals surface area contributed by atoms with Crippen molar-refractivity contribution in [3.63, 3.8) is 0 Å². The summed E-state index contributed by atoms with van der Waals surface area (Å²) in [6.45, 7) is 1.88. The molecule has 1 aliphatic rings. The lowest BCUT2D eigenvalue weighted by molar-refractivity contribution is -0.141. The fraction of sp³-hybridized carbons (Fsp3) is 0.857. The number of aliphatic hydroxyl groups is 1. The molecule has 0 bridgehead atoms. The molecule has 0 aromatic carbocycles. The van der Waals surface area contributed by atoms with Gasteiger partial charge in [0.15, 0.2) is 5.78 Å². The number of carbonyl (C=O) groups is 1. The fourth-order valence-corrected chi connectivity index (χ4v) is 1.21. The number of hydrogen-bond donors (Lipinski definition) is 1. The molecule has 0 aromatic heterocycles. The van der Waals surface area contributed by atoms with Gasteiger partial charge < -0.3 is 9.84 Å². The predicted molar refractivity (Wildman–Crippen MR) is 35.7 cm³/mol. The Morgan fingerprint density at radius 2 is 2.50 bits per heavy atom. The Balaban J connectivity index is 2.67.